The Morgan fingerprint density at radius 2 is 1.00 bits per heavy atom. The second-order valence-electron chi connectivity index (χ2n) is 6.70. The van der Waals surface area contributed by atoms with Crippen molar-refractivity contribution in [3.05, 3.63) is 0 Å². The molecule has 0 bridgehead atoms. The molecule has 0 aliphatic carbocycles. The van der Waals surface area contributed by atoms with Crippen molar-refractivity contribution in [3.63, 3.8) is 0 Å². The van der Waals surface area contributed by atoms with E-state index in [2.05, 4.69) is 11.7 Å². The van der Waals surface area contributed by atoms with Gasteiger partial charge in [0.05, 0.1) is 0 Å². The van der Waals surface area contributed by atoms with Crippen LogP contribution in [0.15, 0.2) is 0 Å². The van der Waals surface area contributed by atoms with Crippen molar-refractivity contribution in [2.75, 3.05) is 6.61 Å². The largest absolute Gasteiger partial charge is 0.391 e. The standard InChI is InChI=1S/C20H38O4.Na/c1-2-3-4-5-6-7-8-9-10-11-12-13-14-15-16-17-19(22)24-20(23)18-21;/h21H,2-18H2,1H3;. The molecule has 4 nitrogen and oxygen atoms in total. The van der Waals surface area contributed by atoms with Gasteiger partial charge in [-0.3, -0.25) is 4.79 Å². The number of aliphatic hydroxyl groups excluding tert-OH is 1. The molecule has 0 fully saturated rings. The molecule has 143 valence electrons. The molecule has 0 aliphatic heterocycles. The SMILES string of the molecule is CCCCCCCCCCCCCCCCCC(=O)OC(=O)CO.[Na]. The third kappa shape index (κ3) is 22.1. The number of hydrogen-bond donors (Lipinski definition) is 1. The normalized spacial score (nSPS) is 10.3. The summed E-state index contributed by atoms with van der Waals surface area (Å²) in [6.07, 6.45) is 19.5. The third-order valence-corrected chi connectivity index (χ3v) is 4.34. The molecule has 0 aliphatic rings. The number of unbranched alkanes of at least 4 members (excludes halogenated alkanes) is 14. The van der Waals surface area contributed by atoms with Gasteiger partial charge in [-0.15, -0.1) is 0 Å². The molecule has 25 heavy (non-hydrogen) atoms. The van der Waals surface area contributed by atoms with Gasteiger partial charge in [0.15, 0.2) is 0 Å². The van der Waals surface area contributed by atoms with E-state index in [9.17, 15) is 9.59 Å². The first-order valence-electron chi connectivity index (χ1n) is 10.0. The maximum absolute atomic E-state index is 11.2. The third-order valence-electron chi connectivity index (χ3n) is 4.34. The summed E-state index contributed by atoms with van der Waals surface area (Å²) >= 11 is 0. The van der Waals surface area contributed by atoms with E-state index in [0.29, 0.717) is 0 Å². The van der Waals surface area contributed by atoms with Gasteiger partial charge >= 0.3 is 11.9 Å². The van der Waals surface area contributed by atoms with Crippen molar-refractivity contribution in [3.8, 4) is 0 Å². The number of carbonyl (C=O) groups is 2. The van der Waals surface area contributed by atoms with Gasteiger partial charge in [-0.2, -0.15) is 0 Å². The molecule has 1 N–H and O–H groups in total. The minimum Gasteiger partial charge on any atom is -0.391 e. The Hall–Kier alpha value is 0.1000. The van der Waals surface area contributed by atoms with E-state index in [1.807, 2.05) is 0 Å². The molecule has 0 saturated carbocycles. The Balaban J connectivity index is 0. The average molecular weight is 366 g/mol. The van der Waals surface area contributed by atoms with Gasteiger partial charge in [-0.1, -0.05) is 96.8 Å². The van der Waals surface area contributed by atoms with Gasteiger partial charge in [0.1, 0.15) is 6.61 Å². The molecule has 0 aromatic carbocycles. The summed E-state index contributed by atoms with van der Waals surface area (Å²) in [6.45, 7) is 1.53. The zero-order valence-electron chi connectivity index (χ0n) is 16.7. The maximum atomic E-state index is 11.2. The maximum Gasteiger partial charge on any atom is 0.339 e. The molecule has 0 unspecified atom stereocenters. The van der Waals surface area contributed by atoms with Crippen LogP contribution in [0.1, 0.15) is 110 Å². The van der Waals surface area contributed by atoms with Gasteiger partial charge in [0.2, 0.25) is 0 Å². The Kier molecular flexibility index (Phi) is 24.2. The molecule has 0 spiro atoms. The molecule has 0 amide bonds. The molecule has 0 atom stereocenters. The molecular weight excluding hydrogens is 327 g/mol. The zero-order chi connectivity index (χ0) is 17.9. The fourth-order valence-corrected chi connectivity index (χ4v) is 2.85. The van der Waals surface area contributed by atoms with E-state index in [0.717, 1.165) is 19.3 Å². The average Bonchev–Trinajstić information content (AvgIpc) is 2.58. The van der Waals surface area contributed by atoms with Crippen LogP contribution >= 0.6 is 0 Å². The van der Waals surface area contributed by atoms with E-state index >= 15 is 0 Å². The van der Waals surface area contributed by atoms with E-state index < -0.39 is 18.5 Å². The Morgan fingerprint density at radius 3 is 1.36 bits per heavy atom. The molecule has 0 rings (SSSR count). The van der Waals surface area contributed by atoms with Gasteiger partial charge in [-0.25, -0.2) is 4.79 Å². The van der Waals surface area contributed by atoms with Crippen molar-refractivity contribution in [2.45, 2.75) is 110 Å². The first-order chi connectivity index (χ1) is 11.7. The van der Waals surface area contributed by atoms with Crippen LogP contribution in [0.5, 0.6) is 0 Å². The Morgan fingerprint density at radius 1 is 0.640 bits per heavy atom. The smallest absolute Gasteiger partial charge is 0.339 e. The van der Waals surface area contributed by atoms with Crippen LogP contribution in [0.2, 0.25) is 0 Å². The van der Waals surface area contributed by atoms with Crippen LogP contribution in [-0.2, 0) is 14.3 Å². The molecule has 0 aromatic rings. The summed E-state index contributed by atoms with van der Waals surface area (Å²) in [7, 11) is 0. The number of carbonyl (C=O) groups excluding carboxylic acids is 2. The summed E-state index contributed by atoms with van der Waals surface area (Å²) in [4.78, 5) is 21.9. The quantitative estimate of drug-likeness (QED) is 0.172. The fourth-order valence-electron chi connectivity index (χ4n) is 2.85. The first-order valence-corrected chi connectivity index (χ1v) is 10.0. The molecular formula is C20H38NaO4. The Bertz CT molecular complexity index is 308. The minimum atomic E-state index is -0.860. The van der Waals surface area contributed by atoms with E-state index in [-0.39, 0.29) is 36.0 Å². The van der Waals surface area contributed by atoms with Crippen molar-refractivity contribution < 1.29 is 19.4 Å². The van der Waals surface area contributed by atoms with Crippen LogP contribution in [0.4, 0.5) is 0 Å². The zero-order valence-corrected chi connectivity index (χ0v) is 18.7. The van der Waals surface area contributed by atoms with E-state index in [1.54, 1.807) is 0 Å². The van der Waals surface area contributed by atoms with E-state index in [4.69, 9.17) is 5.11 Å². The summed E-state index contributed by atoms with van der Waals surface area (Å²) in [5.74, 6) is -1.38. The molecule has 1 radical (unpaired) electrons. The van der Waals surface area contributed by atoms with Gasteiger partial charge < -0.3 is 9.84 Å². The van der Waals surface area contributed by atoms with Crippen molar-refractivity contribution in [2.24, 2.45) is 0 Å². The fraction of sp³-hybridized carbons (Fsp3) is 0.900. The summed E-state index contributed by atoms with van der Waals surface area (Å²) in [5, 5.41) is 8.46. The second-order valence-corrected chi connectivity index (χ2v) is 6.70. The van der Waals surface area contributed by atoms with E-state index in [1.165, 1.54) is 77.0 Å². The number of ether oxygens (including phenoxy) is 1. The van der Waals surface area contributed by atoms with Crippen molar-refractivity contribution in [1.29, 1.82) is 0 Å². The summed E-state index contributed by atoms with van der Waals surface area (Å²) in [6, 6.07) is 0. The van der Waals surface area contributed by atoms with Crippen LogP contribution in [-0.4, -0.2) is 53.2 Å². The monoisotopic (exact) mass is 365 g/mol. The van der Waals surface area contributed by atoms with Gasteiger partial charge in [0, 0.05) is 36.0 Å². The number of hydrogen-bond acceptors (Lipinski definition) is 4. The van der Waals surface area contributed by atoms with Crippen molar-refractivity contribution in [1.82, 2.24) is 0 Å². The van der Waals surface area contributed by atoms with Gasteiger partial charge in [-0.05, 0) is 6.42 Å². The number of esters is 2. The topological polar surface area (TPSA) is 63.6 Å². The van der Waals surface area contributed by atoms with Gasteiger partial charge in [0.25, 0.3) is 0 Å². The second kappa shape index (κ2) is 22.1. The van der Waals surface area contributed by atoms with Crippen LogP contribution in [0.3, 0.4) is 0 Å². The molecule has 0 saturated heterocycles. The molecule has 5 heteroatoms. The Labute approximate surface area is 176 Å². The van der Waals surface area contributed by atoms with Crippen molar-refractivity contribution >= 4 is 41.5 Å². The first kappa shape index (κ1) is 27.3. The predicted octanol–water partition coefficient (Wildman–Crippen LogP) is 4.93. The molecule has 0 aromatic heterocycles. The predicted molar refractivity (Wildman–Crippen MR) is 103 cm³/mol. The van der Waals surface area contributed by atoms with Crippen LogP contribution in [0, 0.1) is 0 Å². The number of rotatable bonds is 17. The van der Waals surface area contributed by atoms with Crippen LogP contribution in [0.25, 0.3) is 0 Å². The minimum absolute atomic E-state index is 0. The molecule has 0 heterocycles. The number of aliphatic hydroxyl groups is 1. The van der Waals surface area contributed by atoms with Crippen LogP contribution < -0.4 is 0 Å². The summed E-state index contributed by atoms with van der Waals surface area (Å²) < 4.78 is 4.39. The summed E-state index contributed by atoms with van der Waals surface area (Å²) in [5.41, 5.74) is 0.